The molecule has 1 heterocycles. The lowest BCUT2D eigenvalue weighted by atomic mass is 9.97. The van der Waals surface area contributed by atoms with Crippen LogP contribution in [-0.4, -0.2) is 53.3 Å². The zero-order chi connectivity index (χ0) is 30.5. The van der Waals surface area contributed by atoms with Gasteiger partial charge in [0.2, 0.25) is 0 Å². The zero-order valence-electron chi connectivity index (χ0n) is 24.0. The molecule has 1 saturated heterocycles. The van der Waals surface area contributed by atoms with Crippen LogP contribution in [0, 0.1) is 0 Å². The lowest BCUT2D eigenvalue weighted by Crippen LogP contribution is -2.60. The van der Waals surface area contributed by atoms with E-state index in [4.69, 9.17) is 18.6 Å². The summed E-state index contributed by atoms with van der Waals surface area (Å²) in [5.41, 5.74) is -3.73. The van der Waals surface area contributed by atoms with Gasteiger partial charge in [-0.3, -0.25) is 0 Å². The Hall–Kier alpha value is -2.22. The van der Waals surface area contributed by atoms with Gasteiger partial charge in [-0.05, 0) is 29.3 Å². The highest BCUT2D eigenvalue weighted by atomic mass is 32.2. The Morgan fingerprint density at radius 3 is 1.93 bits per heavy atom. The van der Waals surface area contributed by atoms with Crippen LogP contribution in [0.1, 0.15) is 38.3 Å². The fourth-order valence-corrected chi connectivity index (χ4v) is 5.81. The van der Waals surface area contributed by atoms with E-state index in [1.807, 2.05) is 73.8 Å². The number of benzene rings is 2. The average Bonchev–Trinajstić information content (AvgIpc) is 2.87. The minimum absolute atomic E-state index is 0.0353. The van der Waals surface area contributed by atoms with E-state index >= 15 is 0 Å². The van der Waals surface area contributed by atoms with Crippen LogP contribution < -0.4 is 0 Å². The number of hydrogen-bond acceptors (Lipinski definition) is 7. The Morgan fingerprint density at radius 1 is 0.927 bits per heavy atom. The van der Waals surface area contributed by atoms with Gasteiger partial charge in [0.25, 0.3) is 0 Å². The molecule has 0 bridgehead atoms. The molecule has 12 heteroatoms. The van der Waals surface area contributed by atoms with E-state index in [2.05, 4.69) is 31.5 Å². The second kappa shape index (κ2) is 13.4. The largest absolute Gasteiger partial charge is 0.534 e. The Labute approximate surface area is 241 Å². The molecule has 41 heavy (non-hydrogen) atoms. The van der Waals surface area contributed by atoms with Crippen molar-refractivity contribution in [1.82, 2.24) is 0 Å². The van der Waals surface area contributed by atoms with Gasteiger partial charge in [-0.1, -0.05) is 88.0 Å². The summed E-state index contributed by atoms with van der Waals surface area (Å²) in [6, 6.07) is 19.1. The smallest absolute Gasteiger partial charge is 0.409 e. The Kier molecular flexibility index (Phi) is 10.9. The maximum absolute atomic E-state index is 13.0. The van der Waals surface area contributed by atoms with Crippen molar-refractivity contribution in [2.24, 2.45) is 0 Å². The Balaban J connectivity index is 1.92. The number of rotatable bonds is 12. The maximum atomic E-state index is 13.0. The Bertz CT molecular complexity index is 1230. The molecule has 0 unspecified atom stereocenters. The van der Waals surface area contributed by atoms with E-state index in [0.29, 0.717) is 0 Å². The molecule has 0 N–H and O–H groups in total. The van der Waals surface area contributed by atoms with E-state index in [1.54, 1.807) is 0 Å². The summed E-state index contributed by atoms with van der Waals surface area (Å²) in [5, 5.41) is -0.230. The van der Waals surface area contributed by atoms with Gasteiger partial charge < -0.3 is 22.8 Å². The second-order valence-electron chi connectivity index (χ2n) is 11.5. The van der Waals surface area contributed by atoms with E-state index in [1.165, 1.54) is 0 Å². The lowest BCUT2D eigenvalue weighted by Gasteiger charge is -2.47. The number of ether oxygens (including phenoxy) is 3. The highest BCUT2D eigenvalue weighted by Gasteiger charge is 2.51. The van der Waals surface area contributed by atoms with E-state index in [9.17, 15) is 21.6 Å². The molecular formula is C29H39F3O7SSi. The molecule has 2 aromatic rings. The highest BCUT2D eigenvalue weighted by Crippen LogP contribution is 2.41. The van der Waals surface area contributed by atoms with Gasteiger partial charge in [-0.2, -0.15) is 21.6 Å². The first-order valence-electron chi connectivity index (χ1n) is 13.3. The molecule has 0 amide bonds. The third-order valence-electron chi connectivity index (χ3n) is 7.30. The van der Waals surface area contributed by atoms with Crippen LogP contribution in [0.3, 0.4) is 0 Å². The summed E-state index contributed by atoms with van der Waals surface area (Å²) in [6.45, 7) is 14.2. The fourth-order valence-electron chi connectivity index (χ4n) is 4.02. The molecule has 0 saturated carbocycles. The van der Waals surface area contributed by atoms with Crippen LogP contribution >= 0.6 is 0 Å². The monoisotopic (exact) mass is 616 g/mol. The zero-order valence-corrected chi connectivity index (χ0v) is 25.8. The first-order valence-corrected chi connectivity index (χ1v) is 17.6. The van der Waals surface area contributed by atoms with Crippen LogP contribution in [0.25, 0.3) is 0 Å². The van der Waals surface area contributed by atoms with Crippen LogP contribution in [0.15, 0.2) is 73.0 Å². The van der Waals surface area contributed by atoms with Gasteiger partial charge in [0.1, 0.15) is 24.1 Å². The average molecular weight is 617 g/mol. The van der Waals surface area contributed by atoms with Crippen molar-refractivity contribution in [3.8, 4) is 0 Å². The number of halogens is 3. The molecule has 1 aliphatic heterocycles. The summed E-state index contributed by atoms with van der Waals surface area (Å²) in [7, 11) is -8.39. The molecule has 0 aliphatic carbocycles. The fraction of sp³-hybridized carbons (Fsp3) is 0.517. The third-order valence-corrected chi connectivity index (χ3v) is 12.8. The molecule has 3 rings (SSSR count). The van der Waals surface area contributed by atoms with E-state index in [0.717, 1.165) is 11.1 Å². The number of hydrogen-bond donors (Lipinski definition) is 0. The van der Waals surface area contributed by atoms with Crippen molar-refractivity contribution in [3.05, 3.63) is 84.1 Å². The predicted octanol–water partition coefficient (Wildman–Crippen LogP) is 6.72. The van der Waals surface area contributed by atoms with E-state index in [-0.39, 0.29) is 31.3 Å². The summed E-state index contributed by atoms with van der Waals surface area (Å²) in [4.78, 5) is 0. The second-order valence-corrected chi connectivity index (χ2v) is 17.8. The minimum atomic E-state index is -5.88. The first kappa shape index (κ1) is 33.3. The van der Waals surface area contributed by atoms with Gasteiger partial charge in [-0.25, -0.2) is 0 Å². The SMILES string of the molecule is C=C(C[C@H]1OC[C@@H](OCc2ccccc2)[C@@H](OCc2ccccc2)[C@@H]1O[Si](C)(C)C(C)(C)C)OS(=O)(=O)C(F)(F)F. The highest BCUT2D eigenvalue weighted by molar-refractivity contribution is 7.87. The summed E-state index contributed by atoms with van der Waals surface area (Å²) in [5.74, 6) is -0.610. The van der Waals surface area contributed by atoms with Gasteiger partial charge in [-0.15, -0.1) is 0 Å². The van der Waals surface area contributed by atoms with Crippen molar-refractivity contribution in [2.45, 2.75) is 88.5 Å². The molecule has 4 atom stereocenters. The molecule has 2 aromatic carbocycles. The third kappa shape index (κ3) is 9.13. The van der Waals surface area contributed by atoms with Crippen LogP contribution in [0.4, 0.5) is 13.2 Å². The van der Waals surface area contributed by atoms with Crippen LogP contribution in [0.5, 0.6) is 0 Å². The Morgan fingerprint density at radius 2 is 1.44 bits per heavy atom. The summed E-state index contributed by atoms with van der Waals surface area (Å²) < 4.78 is 92.0. The van der Waals surface area contributed by atoms with Crippen molar-refractivity contribution >= 4 is 18.4 Å². The van der Waals surface area contributed by atoms with Gasteiger partial charge in [0, 0.05) is 6.42 Å². The van der Waals surface area contributed by atoms with Crippen LogP contribution in [-0.2, 0) is 46.2 Å². The maximum Gasteiger partial charge on any atom is 0.534 e. The van der Waals surface area contributed by atoms with Crippen molar-refractivity contribution in [2.75, 3.05) is 6.61 Å². The van der Waals surface area contributed by atoms with Gasteiger partial charge in [0.05, 0.1) is 25.9 Å². The van der Waals surface area contributed by atoms with E-state index < -0.39 is 54.1 Å². The molecule has 7 nitrogen and oxygen atoms in total. The standard InChI is InChI=1S/C29H39F3O7SSi/c1-21(38-40(33,34)29(30,31)32)17-24-27(39-41(5,6)28(2,3)4)26(37-19-23-15-11-8-12-16-23)25(20-36-24)35-18-22-13-9-7-10-14-22/h7-16,24-27H,1,17-20H2,2-6H3/t24-,25-,26-,27-/m1/s1. The molecule has 1 fully saturated rings. The summed E-state index contributed by atoms with van der Waals surface area (Å²) in [6.07, 6.45) is -3.36. The molecule has 1 aliphatic rings. The predicted molar refractivity (Wildman–Crippen MR) is 152 cm³/mol. The summed E-state index contributed by atoms with van der Waals surface area (Å²) >= 11 is 0. The molecule has 228 valence electrons. The first-order chi connectivity index (χ1) is 19.0. The number of alkyl halides is 3. The van der Waals surface area contributed by atoms with Crippen molar-refractivity contribution in [1.29, 1.82) is 0 Å². The van der Waals surface area contributed by atoms with Gasteiger partial charge >= 0.3 is 15.6 Å². The van der Waals surface area contributed by atoms with Crippen molar-refractivity contribution in [3.63, 3.8) is 0 Å². The molecule has 0 radical (unpaired) electrons. The van der Waals surface area contributed by atoms with Crippen molar-refractivity contribution < 1.29 is 44.4 Å². The van der Waals surface area contributed by atoms with Gasteiger partial charge in [0.15, 0.2) is 8.32 Å². The molecule has 0 aromatic heterocycles. The minimum Gasteiger partial charge on any atom is -0.409 e. The molecular weight excluding hydrogens is 577 g/mol. The topological polar surface area (TPSA) is 80.3 Å². The van der Waals surface area contributed by atoms with Crippen LogP contribution in [0.2, 0.25) is 18.1 Å². The molecule has 0 spiro atoms. The normalized spacial score (nSPS) is 22.3. The lowest BCUT2D eigenvalue weighted by molar-refractivity contribution is -0.218. The quantitative estimate of drug-likeness (QED) is 0.113.